The van der Waals surface area contributed by atoms with Crippen LogP contribution < -0.4 is 5.32 Å². The van der Waals surface area contributed by atoms with Crippen LogP contribution >= 0.6 is 0 Å². The molecule has 0 spiro atoms. The lowest BCUT2D eigenvalue weighted by atomic mass is 9.73. The molecule has 1 fully saturated rings. The largest absolute Gasteiger partial charge is 0.309 e. The van der Waals surface area contributed by atoms with Crippen LogP contribution in [0.4, 0.5) is 0 Å². The lowest BCUT2D eigenvalue weighted by Crippen LogP contribution is -2.43. The summed E-state index contributed by atoms with van der Waals surface area (Å²) in [4.78, 5) is 4.54. The predicted octanol–water partition coefficient (Wildman–Crippen LogP) is 4.29. The minimum absolute atomic E-state index is 0.413. The van der Waals surface area contributed by atoms with Gasteiger partial charge in [0.15, 0.2) is 0 Å². The summed E-state index contributed by atoms with van der Waals surface area (Å²) < 4.78 is 0. The second-order valence-electron chi connectivity index (χ2n) is 6.66. The van der Waals surface area contributed by atoms with E-state index in [1.54, 1.807) is 0 Å². The van der Waals surface area contributed by atoms with E-state index in [1.807, 2.05) is 12.3 Å². The molecule has 0 aliphatic heterocycles. The minimum Gasteiger partial charge on any atom is -0.309 e. The predicted molar refractivity (Wildman–Crippen MR) is 84.6 cm³/mol. The SMILES string of the molecule is CC1(C)CCCCC1NCc1cccc2cccnc12. The van der Waals surface area contributed by atoms with Gasteiger partial charge in [-0.05, 0) is 29.9 Å². The van der Waals surface area contributed by atoms with E-state index < -0.39 is 0 Å². The number of nitrogens with one attached hydrogen (secondary N) is 1. The van der Waals surface area contributed by atoms with E-state index >= 15 is 0 Å². The Morgan fingerprint density at radius 3 is 2.90 bits per heavy atom. The summed E-state index contributed by atoms with van der Waals surface area (Å²) in [6.07, 6.45) is 7.25. The Morgan fingerprint density at radius 2 is 2.05 bits per heavy atom. The van der Waals surface area contributed by atoms with E-state index in [0.717, 1.165) is 12.1 Å². The van der Waals surface area contributed by atoms with Gasteiger partial charge in [0.2, 0.25) is 0 Å². The number of fused-ring (bicyclic) bond motifs is 1. The van der Waals surface area contributed by atoms with E-state index in [4.69, 9.17) is 0 Å². The fourth-order valence-corrected chi connectivity index (χ4v) is 3.42. The summed E-state index contributed by atoms with van der Waals surface area (Å²) in [6, 6.07) is 11.2. The number of hydrogen-bond donors (Lipinski definition) is 1. The van der Waals surface area contributed by atoms with Crippen LogP contribution in [0.2, 0.25) is 0 Å². The summed E-state index contributed by atoms with van der Waals surface area (Å²) in [5.74, 6) is 0. The number of para-hydroxylation sites is 1. The zero-order valence-electron chi connectivity index (χ0n) is 12.5. The number of benzene rings is 1. The molecule has 106 valence electrons. The maximum absolute atomic E-state index is 4.54. The van der Waals surface area contributed by atoms with Crippen LogP contribution in [-0.4, -0.2) is 11.0 Å². The molecule has 1 aromatic heterocycles. The van der Waals surface area contributed by atoms with Crippen molar-refractivity contribution in [2.45, 2.75) is 52.1 Å². The van der Waals surface area contributed by atoms with E-state index in [0.29, 0.717) is 11.5 Å². The topological polar surface area (TPSA) is 24.9 Å². The average molecular weight is 268 g/mol. The molecule has 1 unspecified atom stereocenters. The second-order valence-corrected chi connectivity index (χ2v) is 6.66. The van der Waals surface area contributed by atoms with Crippen molar-refractivity contribution in [1.29, 1.82) is 0 Å². The molecular formula is C18H24N2. The Hall–Kier alpha value is -1.41. The monoisotopic (exact) mass is 268 g/mol. The van der Waals surface area contributed by atoms with Gasteiger partial charge < -0.3 is 5.32 Å². The Bertz CT molecular complexity index is 583. The van der Waals surface area contributed by atoms with E-state index in [-0.39, 0.29) is 0 Å². The molecule has 1 N–H and O–H groups in total. The van der Waals surface area contributed by atoms with Crippen molar-refractivity contribution in [2.75, 3.05) is 0 Å². The minimum atomic E-state index is 0.413. The molecule has 3 rings (SSSR count). The van der Waals surface area contributed by atoms with Gasteiger partial charge in [0.25, 0.3) is 0 Å². The summed E-state index contributed by atoms with van der Waals surface area (Å²) in [5.41, 5.74) is 2.86. The van der Waals surface area contributed by atoms with Crippen molar-refractivity contribution in [3.8, 4) is 0 Å². The molecule has 2 heteroatoms. The molecule has 1 atom stereocenters. The highest BCUT2D eigenvalue weighted by Gasteiger charge is 2.31. The van der Waals surface area contributed by atoms with Crippen molar-refractivity contribution in [1.82, 2.24) is 10.3 Å². The molecule has 1 heterocycles. The Labute approximate surface area is 121 Å². The van der Waals surface area contributed by atoms with Gasteiger partial charge >= 0.3 is 0 Å². The molecule has 2 aromatic rings. The number of rotatable bonds is 3. The first-order valence-electron chi connectivity index (χ1n) is 7.73. The Morgan fingerprint density at radius 1 is 1.20 bits per heavy atom. The smallest absolute Gasteiger partial charge is 0.0746 e. The van der Waals surface area contributed by atoms with Crippen LogP contribution in [-0.2, 0) is 6.54 Å². The highest BCUT2D eigenvalue weighted by atomic mass is 14.9. The van der Waals surface area contributed by atoms with Gasteiger partial charge in [0.1, 0.15) is 0 Å². The second kappa shape index (κ2) is 5.53. The molecule has 1 saturated carbocycles. The molecule has 0 bridgehead atoms. The third-order valence-corrected chi connectivity index (χ3v) is 4.76. The Balaban J connectivity index is 1.77. The molecular weight excluding hydrogens is 244 g/mol. The number of nitrogens with zero attached hydrogens (tertiary/aromatic N) is 1. The van der Waals surface area contributed by atoms with Gasteiger partial charge in [-0.1, -0.05) is 51.0 Å². The third-order valence-electron chi connectivity index (χ3n) is 4.76. The molecule has 1 aliphatic rings. The lowest BCUT2D eigenvalue weighted by molar-refractivity contribution is 0.167. The van der Waals surface area contributed by atoms with Gasteiger partial charge in [0.05, 0.1) is 5.52 Å². The van der Waals surface area contributed by atoms with Gasteiger partial charge in [0, 0.05) is 24.2 Å². The standard InChI is InChI=1S/C18H24N2/c1-18(2)11-4-3-10-16(18)20-13-15-8-5-7-14-9-6-12-19-17(14)15/h5-9,12,16,20H,3-4,10-11,13H2,1-2H3. The summed E-state index contributed by atoms with van der Waals surface area (Å²) in [6.45, 7) is 5.71. The molecule has 0 saturated heterocycles. The van der Waals surface area contributed by atoms with Gasteiger partial charge in [-0.15, -0.1) is 0 Å². The van der Waals surface area contributed by atoms with Crippen molar-refractivity contribution >= 4 is 10.9 Å². The van der Waals surface area contributed by atoms with Crippen LogP contribution in [0, 0.1) is 5.41 Å². The van der Waals surface area contributed by atoms with Crippen LogP contribution in [0.25, 0.3) is 10.9 Å². The molecule has 0 radical (unpaired) electrons. The van der Waals surface area contributed by atoms with Gasteiger partial charge in [-0.25, -0.2) is 0 Å². The number of hydrogen-bond acceptors (Lipinski definition) is 2. The summed E-state index contributed by atoms with van der Waals surface area (Å²) in [5, 5.41) is 5.01. The first-order valence-corrected chi connectivity index (χ1v) is 7.73. The number of pyridine rings is 1. The highest BCUT2D eigenvalue weighted by molar-refractivity contribution is 5.81. The molecule has 0 amide bonds. The summed E-state index contributed by atoms with van der Waals surface area (Å²) in [7, 11) is 0. The fourth-order valence-electron chi connectivity index (χ4n) is 3.42. The van der Waals surface area contributed by atoms with Gasteiger partial charge in [-0.3, -0.25) is 4.98 Å². The normalized spacial score (nSPS) is 22.0. The highest BCUT2D eigenvalue weighted by Crippen LogP contribution is 2.35. The molecule has 20 heavy (non-hydrogen) atoms. The first kappa shape index (κ1) is 13.6. The fraction of sp³-hybridized carbons (Fsp3) is 0.500. The average Bonchev–Trinajstić information content (AvgIpc) is 2.46. The zero-order chi connectivity index (χ0) is 14.0. The quantitative estimate of drug-likeness (QED) is 0.898. The van der Waals surface area contributed by atoms with E-state index in [2.05, 4.69) is 48.4 Å². The third kappa shape index (κ3) is 2.71. The van der Waals surface area contributed by atoms with Crippen LogP contribution in [0.3, 0.4) is 0 Å². The number of aromatic nitrogens is 1. The van der Waals surface area contributed by atoms with Crippen molar-refractivity contribution in [3.05, 3.63) is 42.1 Å². The zero-order valence-corrected chi connectivity index (χ0v) is 12.5. The van der Waals surface area contributed by atoms with Crippen molar-refractivity contribution in [2.24, 2.45) is 5.41 Å². The van der Waals surface area contributed by atoms with Gasteiger partial charge in [-0.2, -0.15) is 0 Å². The van der Waals surface area contributed by atoms with Crippen molar-refractivity contribution < 1.29 is 0 Å². The maximum Gasteiger partial charge on any atom is 0.0746 e. The molecule has 1 aromatic carbocycles. The maximum atomic E-state index is 4.54. The van der Waals surface area contributed by atoms with Crippen LogP contribution in [0.1, 0.15) is 45.1 Å². The molecule has 2 nitrogen and oxygen atoms in total. The first-order chi connectivity index (χ1) is 9.67. The van der Waals surface area contributed by atoms with Crippen LogP contribution in [0.15, 0.2) is 36.5 Å². The van der Waals surface area contributed by atoms with Crippen molar-refractivity contribution in [3.63, 3.8) is 0 Å². The van der Waals surface area contributed by atoms with Crippen LogP contribution in [0.5, 0.6) is 0 Å². The van der Waals surface area contributed by atoms with E-state index in [1.165, 1.54) is 36.6 Å². The summed E-state index contributed by atoms with van der Waals surface area (Å²) >= 11 is 0. The molecule has 1 aliphatic carbocycles. The Kier molecular flexibility index (Phi) is 3.75. The lowest BCUT2D eigenvalue weighted by Gasteiger charge is -2.39. The van der Waals surface area contributed by atoms with E-state index in [9.17, 15) is 0 Å².